The van der Waals surface area contributed by atoms with Gasteiger partial charge in [-0.2, -0.15) is 0 Å². The standard InChI is InChI=1S/C29H38N2O8/c1-19(2)25(31-27(33)39-29(3,4)5)26(32)30-14-15-37-28(34)38-22-12-10-20(11-13-22)8-9-21-16-23(35-6)18-24(17-21)36-7/h8-13,16-19,25H,14-15H2,1-7H3,(H,30,32)(H,31,33). The molecule has 39 heavy (non-hydrogen) atoms. The van der Waals surface area contributed by atoms with Gasteiger partial charge in [0.25, 0.3) is 0 Å². The van der Waals surface area contributed by atoms with Gasteiger partial charge in [0.1, 0.15) is 35.5 Å². The molecule has 2 N–H and O–H groups in total. The van der Waals surface area contributed by atoms with Crippen LogP contribution in [-0.4, -0.2) is 57.2 Å². The van der Waals surface area contributed by atoms with Gasteiger partial charge in [0, 0.05) is 6.07 Å². The number of nitrogens with one attached hydrogen (secondary N) is 2. The number of rotatable bonds is 11. The summed E-state index contributed by atoms with van der Waals surface area (Å²) in [6, 6.07) is 11.6. The first-order valence-corrected chi connectivity index (χ1v) is 12.5. The lowest BCUT2D eigenvalue weighted by molar-refractivity contribution is -0.124. The van der Waals surface area contributed by atoms with Gasteiger partial charge in [0.15, 0.2) is 0 Å². The van der Waals surface area contributed by atoms with Crippen molar-refractivity contribution in [3.05, 3.63) is 53.6 Å². The van der Waals surface area contributed by atoms with Gasteiger partial charge in [-0.15, -0.1) is 0 Å². The van der Waals surface area contributed by atoms with E-state index in [-0.39, 0.29) is 19.1 Å². The lowest BCUT2D eigenvalue weighted by Gasteiger charge is -2.25. The van der Waals surface area contributed by atoms with E-state index in [1.165, 1.54) is 0 Å². The van der Waals surface area contributed by atoms with Gasteiger partial charge in [-0.3, -0.25) is 4.79 Å². The van der Waals surface area contributed by atoms with Gasteiger partial charge in [0.2, 0.25) is 5.91 Å². The molecule has 0 radical (unpaired) electrons. The maximum Gasteiger partial charge on any atom is 0.513 e. The van der Waals surface area contributed by atoms with E-state index in [1.54, 1.807) is 79.2 Å². The second-order valence-electron chi connectivity index (χ2n) is 9.91. The number of benzene rings is 2. The Morgan fingerprint density at radius 3 is 2.00 bits per heavy atom. The molecule has 10 nitrogen and oxygen atoms in total. The van der Waals surface area contributed by atoms with Crippen molar-refractivity contribution in [2.24, 2.45) is 5.92 Å². The minimum atomic E-state index is -0.900. The summed E-state index contributed by atoms with van der Waals surface area (Å²) in [5.41, 5.74) is 1.11. The highest BCUT2D eigenvalue weighted by Crippen LogP contribution is 2.24. The lowest BCUT2D eigenvalue weighted by Crippen LogP contribution is -2.51. The summed E-state index contributed by atoms with van der Waals surface area (Å²) in [7, 11) is 3.19. The predicted molar refractivity (Wildman–Crippen MR) is 148 cm³/mol. The molecule has 0 aliphatic heterocycles. The Bertz CT molecular complexity index is 1110. The maximum absolute atomic E-state index is 12.5. The topological polar surface area (TPSA) is 121 Å². The molecule has 0 fully saturated rings. The molecule has 0 aliphatic carbocycles. The molecule has 0 aromatic heterocycles. The largest absolute Gasteiger partial charge is 0.513 e. The van der Waals surface area contributed by atoms with E-state index >= 15 is 0 Å². The number of methoxy groups -OCH3 is 2. The van der Waals surface area contributed by atoms with E-state index in [4.69, 9.17) is 23.7 Å². The summed E-state index contributed by atoms with van der Waals surface area (Å²) in [4.78, 5) is 36.5. The molecule has 0 saturated carbocycles. The van der Waals surface area contributed by atoms with Crippen LogP contribution in [0.3, 0.4) is 0 Å². The summed E-state index contributed by atoms with van der Waals surface area (Å²) in [6.07, 6.45) is 2.23. The van der Waals surface area contributed by atoms with Crippen molar-refractivity contribution >= 4 is 30.3 Å². The van der Waals surface area contributed by atoms with Crippen molar-refractivity contribution in [1.29, 1.82) is 0 Å². The van der Waals surface area contributed by atoms with Crippen molar-refractivity contribution in [3.8, 4) is 17.2 Å². The minimum absolute atomic E-state index is 0.0476. The number of amides is 2. The fourth-order valence-electron chi connectivity index (χ4n) is 3.28. The summed E-state index contributed by atoms with van der Waals surface area (Å²) >= 11 is 0. The van der Waals surface area contributed by atoms with E-state index in [0.717, 1.165) is 11.1 Å². The third-order valence-corrected chi connectivity index (χ3v) is 5.17. The molecule has 2 aromatic carbocycles. The van der Waals surface area contributed by atoms with E-state index in [1.807, 2.05) is 24.3 Å². The lowest BCUT2D eigenvalue weighted by atomic mass is 10.0. The van der Waals surface area contributed by atoms with Crippen LogP contribution in [0.2, 0.25) is 0 Å². The number of hydrogen-bond donors (Lipinski definition) is 2. The molecular formula is C29H38N2O8. The van der Waals surface area contributed by atoms with E-state index in [0.29, 0.717) is 17.2 Å². The van der Waals surface area contributed by atoms with Crippen LogP contribution in [0.25, 0.3) is 12.2 Å². The predicted octanol–water partition coefficient (Wildman–Crippen LogP) is 5.06. The van der Waals surface area contributed by atoms with Gasteiger partial charge < -0.3 is 34.3 Å². The molecular weight excluding hydrogens is 504 g/mol. The first kappa shape index (κ1) is 31.0. The SMILES string of the molecule is COc1cc(C=Cc2ccc(OC(=O)OCCNC(=O)C(NC(=O)OC(C)(C)C)C(C)C)cc2)cc(OC)c1. The van der Waals surface area contributed by atoms with Crippen LogP contribution in [0.5, 0.6) is 17.2 Å². The first-order valence-electron chi connectivity index (χ1n) is 12.5. The average Bonchev–Trinajstić information content (AvgIpc) is 2.87. The quantitative estimate of drug-likeness (QED) is 0.175. The molecule has 0 aliphatic rings. The van der Waals surface area contributed by atoms with Crippen LogP contribution in [0.1, 0.15) is 45.7 Å². The van der Waals surface area contributed by atoms with Crippen LogP contribution < -0.4 is 24.8 Å². The van der Waals surface area contributed by atoms with Gasteiger partial charge in [0.05, 0.1) is 20.8 Å². The molecule has 2 amide bonds. The van der Waals surface area contributed by atoms with Crippen LogP contribution in [0, 0.1) is 5.92 Å². The molecule has 1 atom stereocenters. The third kappa shape index (κ3) is 11.4. The fraction of sp³-hybridized carbons (Fsp3) is 0.414. The van der Waals surface area contributed by atoms with E-state index in [2.05, 4.69) is 10.6 Å². The van der Waals surface area contributed by atoms with Crippen LogP contribution >= 0.6 is 0 Å². The summed E-state index contributed by atoms with van der Waals surface area (Å²) in [5.74, 6) is 1.09. The molecule has 212 valence electrons. The van der Waals surface area contributed by atoms with Crippen LogP contribution in [-0.2, 0) is 14.3 Å². The smallest absolute Gasteiger partial charge is 0.497 e. The van der Waals surface area contributed by atoms with Crippen molar-refractivity contribution in [2.45, 2.75) is 46.3 Å². The Kier molecular flexibility index (Phi) is 11.7. The second kappa shape index (κ2) is 14.7. The second-order valence-corrected chi connectivity index (χ2v) is 9.91. The number of carbonyl (C=O) groups is 3. The summed E-state index contributed by atoms with van der Waals surface area (Å²) in [6.45, 7) is 8.75. The minimum Gasteiger partial charge on any atom is -0.497 e. The van der Waals surface area contributed by atoms with E-state index in [9.17, 15) is 14.4 Å². The Morgan fingerprint density at radius 1 is 0.872 bits per heavy atom. The molecule has 0 heterocycles. The fourth-order valence-corrected chi connectivity index (χ4v) is 3.28. The highest BCUT2D eigenvalue weighted by molar-refractivity contribution is 5.86. The number of ether oxygens (including phenoxy) is 5. The average molecular weight is 543 g/mol. The molecule has 10 heteroatoms. The zero-order chi connectivity index (χ0) is 29.0. The van der Waals surface area contributed by atoms with Gasteiger partial charge >= 0.3 is 12.2 Å². The van der Waals surface area contributed by atoms with Crippen LogP contribution in [0.15, 0.2) is 42.5 Å². The Balaban J connectivity index is 1.79. The normalized spacial score (nSPS) is 12.0. The first-order chi connectivity index (χ1) is 18.4. The number of hydrogen-bond acceptors (Lipinski definition) is 8. The Labute approximate surface area is 229 Å². The highest BCUT2D eigenvalue weighted by Gasteiger charge is 2.26. The van der Waals surface area contributed by atoms with E-state index < -0.39 is 29.8 Å². The van der Waals surface area contributed by atoms with Gasteiger partial charge in [-0.05, 0) is 62.1 Å². The van der Waals surface area contributed by atoms with Crippen molar-refractivity contribution in [1.82, 2.24) is 10.6 Å². The van der Waals surface area contributed by atoms with Crippen LogP contribution in [0.4, 0.5) is 9.59 Å². The Hall–Kier alpha value is -4.21. The monoisotopic (exact) mass is 542 g/mol. The van der Waals surface area contributed by atoms with Crippen molar-refractivity contribution < 1.29 is 38.1 Å². The zero-order valence-electron chi connectivity index (χ0n) is 23.5. The molecule has 0 saturated heterocycles. The van der Waals surface area contributed by atoms with Crippen molar-refractivity contribution in [2.75, 3.05) is 27.4 Å². The zero-order valence-corrected chi connectivity index (χ0v) is 23.5. The molecule has 2 aromatic rings. The third-order valence-electron chi connectivity index (χ3n) is 5.17. The van der Waals surface area contributed by atoms with Gasteiger partial charge in [-0.25, -0.2) is 9.59 Å². The summed E-state index contributed by atoms with van der Waals surface area (Å²) in [5, 5.41) is 5.20. The number of alkyl carbamates (subject to hydrolysis) is 1. The molecule has 2 rings (SSSR count). The number of carbonyl (C=O) groups excluding carboxylic acids is 3. The van der Waals surface area contributed by atoms with Crippen molar-refractivity contribution in [3.63, 3.8) is 0 Å². The molecule has 0 bridgehead atoms. The molecule has 1 unspecified atom stereocenters. The maximum atomic E-state index is 12.5. The van der Waals surface area contributed by atoms with Gasteiger partial charge in [-0.1, -0.05) is 38.1 Å². The Morgan fingerprint density at radius 2 is 1.46 bits per heavy atom. The molecule has 0 spiro atoms. The highest BCUT2D eigenvalue weighted by atomic mass is 16.7. The summed E-state index contributed by atoms with van der Waals surface area (Å²) < 4.78 is 26.0.